The van der Waals surface area contributed by atoms with Crippen LogP contribution in [-0.2, 0) is 4.74 Å². The molecule has 0 saturated heterocycles. The van der Waals surface area contributed by atoms with Crippen LogP contribution < -0.4 is 19.9 Å². The zero-order chi connectivity index (χ0) is 19.5. The molecule has 7 heteroatoms. The minimum atomic E-state index is -0.521. The quantitative estimate of drug-likeness (QED) is 0.521. The molecule has 2 heterocycles. The molecule has 1 aliphatic rings. The summed E-state index contributed by atoms with van der Waals surface area (Å²) >= 11 is 0. The first-order chi connectivity index (χ1) is 13.7. The highest BCUT2D eigenvalue weighted by Crippen LogP contribution is 2.42. The van der Waals surface area contributed by atoms with Crippen LogP contribution in [0.5, 0.6) is 23.0 Å². The second kappa shape index (κ2) is 7.56. The van der Waals surface area contributed by atoms with Crippen LogP contribution in [0.2, 0.25) is 0 Å². The number of ether oxygens (including phenoxy) is 4. The monoisotopic (exact) mass is 381 g/mol. The maximum absolute atomic E-state index is 11.8. The van der Waals surface area contributed by atoms with Gasteiger partial charge in [0, 0.05) is 11.3 Å². The van der Waals surface area contributed by atoms with E-state index in [1.165, 1.54) is 0 Å². The highest BCUT2D eigenvalue weighted by atomic mass is 16.6. The predicted octanol–water partition coefficient (Wildman–Crippen LogP) is 4.27. The Morgan fingerprint density at radius 3 is 2.82 bits per heavy atom. The van der Waals surface area contributed by atoms with Crippen molar-refractivity contribution in [3.8, 4) is 34.3 Å². The topological polar surface area (TPSA) is 93.2 Å². The minimum Gasteiger partial charge on any atom is -0.486 e. The van der Waals surface area contributed by atoms with Crippen molar-refractivity contribution in [1.29, 1.82) is 0 Å². The highest BCUT2D eigenvalue weighted by Gasteiger charge is 2.19. The van der Waals surface area contributed by atoms with Gasteiger partial charge in [-0.2, -0.15) is 0 Å². The van der Waals surface area contributed by atoms with E-state index < -0.39 is 5.97 Å². The van der Waals surface area contributed by atoms with E-state index in [1.807, 2.05) is 12.1 Å². The first-order valence-corrected chi connectivity index (χ1v) is 8.89. The third kappa shape index (κ3) is 3.46. The summed E-state index contributed by atoms with van der Waals surface area (Å²) < 4.78 is 27.8. The van der Waals surface area contributed by atoms with Crippen molar-refractivity contribution in [1.82, 2.24) is 0 Å². The molecule has 0 spiro atoms. The average molecular weight is 381 g/mol. The number of carbonyl (C=O) groups excluding carboxylic acids is 1. The molecule has 0 atom stereocenters. The summed E-state index contributed by atoms with van der Waals surface area (Å²) in [5, 5.41) is 0. The van der Waals surface area contributed by atoms with Gasteiger partial charge < -0.3 is 29.1 Å². The number of carbonyl (C=O) groups is 1. The van der Waals surface area contributed by atoms with Crippen molar-refractivity contribution in [2.24, 2.45) is 0 Å². The molecule has 0 amide bonds. The van der Waals surface area contributed by atoms with Crippen molar-refractivity contribution in [2.75, 3.05) is 25.6 Å². The van der Waals surface area contributed by atoms with E-state index in [1.54, 1.807) is 43.3 Å². The van der Waals surface area contributed by atoms with Crippen LogP contribution in [0.4, 0.5) is 5.69 Å². The van der Waals surface area contributed by atoms with Crippen molar-refractivity contribution in [3.05, 3.63) is 54.3 Å². The molecule has 1 aromatic heterocycles. The number of para-hydroxylation sites is 1. The van der Waals surface area contributed by atoms with E-state index >= 15 is 0 Å². The Morgan fingerprint density at radius 1 is 1.11 bits per heavy atom. The van der Waals surface area contributed by atoms with E-state index in [4.69, 9.17) is 29.1 Å². The fourth-order valence-electron chi connectivity index (χ4n) is 2.86. The van der Waals surface area contributed by atoms with E-state index in [0.717, 1.165) is 0 Å². The predicted molar refractivity (Wildman–Crippen MR) is 102 cm³/mol. The van der Waals surface area contributed by atoms with Gasteiger partial charge in [0.05, 0.1) is 6.61 Å². The molecular formula is C21H19NO6. The number of furan rings is 1. The third-order valence-corrected chi connectivity index (χ3v) is 4.13. The summed E-state index contributed by atoms with van der Waals surface area (Å²) in [6.07, 6.45) is 0. The Balaban J connectivity index is 1.63. The number of nitrogen functional groups attached to an aromatic ring is 1. The summed E-state index contributed by atoms with van der Waals surface area (Å²) in [7, 11) is 0. The maximum Gasteiger partial charge on any atom is 0.374 e. The Kier molecular flexibility index (Phi) is 4.80. The number of hydrogen-bond acceptors (Lipinski definition) is 7. The molecule has 3 aromatic rings. The largest absolute Gasteiger partial charge is 0.486 e. The smallest absolute Gasteiger partial charge is 0.374 e. The van der Waals surface area contributed by atoms with Gasteiger partial charge in [-0.1, -0.05) is 6.07 Å². The molecule has 0 aliphatic carbocycles. The summed E-state index contributed by atoms with van der Waals surface area (Å²) in [6.45, 7) is 2.97. The lowest BCUT2D eigenvalue weighted by Crippen LogP contribution is -2.15. The van der Waals surface area contributed by atoms with E-state index in [9.17, 15) is 4.79 Å². The molecule has 0 bridgehead atoms. The molecule has 28 heavy (non-hydrogen) atoms. The zero-order valence-electron chi connectivity index (χ0n) is 15.3. The van der Waals surface area contributed by atoms with E-state index in [2.05, 4.69) is 0 Å². The van der Waals surface area contributed by atoms with Crippen molar-refractivity contribution in [2.45, 2.75) is 6.92 Å². The SMILES string of the molecule is CCOC(=O)c1ccc(-c2cc(Oc3cccc4c3OCCO4)ccc2N)o1. The van der Waals surface area contributed by atoms with Gasteiger partial charge in [-0.05, 0) is 49.4 Å². The highest BCUT2D eigenvalue weighted by molar-refractivity contribution is 5.87. The number of esters is 1. The van der Waals surface area contributed by atoms with Crippen molar-refractivity contribution >= 4 is 11.7 Å². The molecule has 2 aromatic carbocycles. The number of anilines is 1. The number of rotatable bonds is 5. The maximum atomic E-state index is 11.8. The Hall–Kier alpha value is -3.61. The summed E-state index contributed by atoms with van der Waals surface area (Å²) in [5.41, 5.74) is 7.19. The van der Waals surface area contributed by atoms with Crippen LogP contribution >= 0.6 is 0 Å². The van der Waals surface area contributed by atoms with Gasteiger partial charge in [0.1, 0.15) is 24.7 Å². The Bertz CT molecular complexity index is 1010. The van der Waals surface area contributed by atoms with Gasteiger partial charge in [-0.25, -0.2) is 4.79 Å². The fraction of sp³-hybridized carbons (Fsp3) is 0.190. The van der Waals surface area contributed by atoms with Crippen LogP contribution in [0.15, 0.2) is 52.9 Å². The van der Waals surface area contributed by atoms with Gasteiger partial charge >= 0.3 is 5.97 Å². The van der Waals surface area contributed by atoms with Crippen LogP contribution in [-0.4, -0.2) is 25.8 Å². The number of hydrogen-bond donors (Lipinski definition) is 1. The first kappa shape index (κ1) is 17.8. The lowest BCUT2D eigenvalue weighted by molar-refractivity contribution is 0.0491. The standard InChI is InChI=1S/C21H19NO6/c1-2-24-21(23)19-9-8-16(28-19)14-12-13(6-7-15(14)22)27-18-5-3-4-17-20(18)26-11-10-25-17/h3-9,12H,2,10-11,22H2,1H3. The molecule has 0 radical (unpaired) electrons. The first-order valence-electron chi connectivity index (χ1n) is 8.89. The second-order valence-electron chi connectivity index (χ2n) is 6.02. The molecule has 7 nitrogen and oxygen atoms in total. The number of fused-ring (bicyclic) bond motifs is 1. The molecule has 4 rings (SSSR count). The third-order valence-electron chi connectivity index (χ3n) is 4.13. The summed E-state index contributed by atoms with van der Waals surface area (Å²) in [6, 6.07) is 13.9. The van der Waals surface area contributed by atoms with E-state index in [0.29, 0.717) is 53.2 Å². The van der Waals surface area contributed by atoms with Gasteiger partial charge in [0.15, 0.2) is 11.5 Å². The molecule has 0 fully saturated rings. The zero-order valence-corrected chi connectivity index (χ0v) is 15.3. The number of nitrogens with two attached hydrogens (primary N) is 1. The van der Waals surface area contributed by atoms with Crippen LogP contribution in [0.25, 0.3) is 11.3 Å². The van der Waals surface area contributed by atoms with Gasteiger partial charge in [0.2, 0.25) is 11.5 Å². The van der Waals surface area contributed by atoms with Gasteiger partial charge in [-0.3, -0.25) is 0 Å². The van der Waals surface area contributed by atoms with Crippen molar-refractivity contribution in [3.63, 3.8) is 0 Å². The number of benzene rings is 2. The van der Waals surface area contributed by atoms with Gasteiger partial charge in [-0.15, -0.1) is 0 Å². The normalized spacial score (nSPS) is 12.5. The van der Waals surface area contributed by atoms with Crippen LogP contribution in [0, 0.1) is 0 Å². The minimum absolute atomic E-state index is 0.116. The lowest BCUT2D eigenvalue weighted by Gasteiger charge is -2.20. The summed E-state index contributed by atoms with van der Waals surface area (Å²) in [4.78, 5) is 11.8. The molecule has 0 saturated carbocycles. The van der Waals surface area contributed by atoms with Crippen molar-refractivity contribution < 1.29 is 28.2 Å². The van der Waals surface area contributed by atoms with E-state index in [-0.39, 0.29) is 12.4 Å². The summed E-state index contributed by atoms with van der Waals surface area (Å²) in [5.74, 6) is 2.33. The lowest BCUT2D eigenvalue weighted by atomic mass is 10.1. The average Bonchev–Trinajstić information content (AvgIpc) is 3.20. The van der Waals surface area contributed by atoms with Gasteiger partial charge in [0.25, 0.3) is 0 Å². The molecule has 144 valence electrons. The van der Waals surface area contributed by atoms with Crippen LogP contribution in [0.3, 0.4) is 0 Å². The molecule has 0 unspecified atom stereocenters. The van der Waals surface area contributed by atoms with Crippen LogP contribution in [0.1, 0.15) is 17.5 Å². The molecular weight excluding hydrogens is 362 g/mol. The fourth-order valence-corrected chi connectivity index (χ4v) is 2.86. The molecule has 2 N–H and O–H groups in total. The molecule has 1 aliphatic heterocycles. The Morgan fingerprint density at radius 2 is 1.96 bits per heavy atom. The second-order valence-corrected chi connectivity index (χ2v) is 6.02. The Labute approximate surface area is 161 Å².